The van der Waals surface area contributed by atoms with E-state index < -0.39 is 6.04 Å². The van der Waals surface area contributed by atoms with Crippen LogP contribution in [-0.2, 0) is 11.3 Å². The fourth-order valence-electron chi connectivity index (χ4n) is 3.22. The van der Waals surface area contributed by atoms with Crippen molar-refractivity contribution in [1.29, 1.82) is 0 Å². The second-order valence-electron chi connectivity index (χ2n) is 7.90. The Labute approximate surface area is 226 Å². The molecule has 184 valence electrons. The lowest BCUT2D eigenvalue weighted by Crippen LogP contribution is -2.34. The molecule has 7 nitrogen and oxygen atoms in total. The minimum atomic E-state index is -0.451. The van der Waals surface area contributed by atoms with E-state index in [4.69, 9.17) is 23.2 Å². The fourth-order valence-corrected chi connectivity index (χ4v) is 4.73. The molecule has 1 atom stereocenters. The van der Waals surface area contributed by atoms with Crippen molar-refractivity contribution < 1.29 is 9.59 Å². The first kappa shape index (κ1) is 27.3. The van der Waals surface area contributed by atoms with Gasteiger partial charge in [0, 0.05) is 21.7 Å². The van der Waals surface area contributed by atoms with E-state index in [1.165, 1.54) is 17.8 Å². The van der Waals surface area contributed by atoms with Crippen LogP contribution >= 0.6 is 50.9 Å². The Morgan fingerprint density at radius 2 is 1.89 bits per heavy atom. The van der Waals surface area contributed by atoms with Gasteiger partial charge in [0.2, 0.25) is 5.91 Å². The van der Waals surface area contributed by atoms with E-state index in [9.17, 15) is 9.59 Å². The highest BCUT2D eigenvalue weighted by molar-refractivity contribution is 9.10. The van der Waals surface area contributed by atoms with Crippen molar-refractivity contribution in [2.24, 2.45) is 5.92 Å². The maximum atomic E-state index is 13.0. The first-order chi connectivity index (χ1) is 16.7. The monoisotopic (exact) mass is 595 g/mol. The zero-order chi connectivity index (χ0) is 25.5. The Kier molecular flexibility index (Phi) is 9.80. The SMILES string of the molecule is C=CCn1c(SCC(=O)Nc2ccc(Br)cc2)nnc1[C@H](NC(=O)c1ccc(Cl)cc1Cl)C(C)C. The summed E-state index contributed by atoms with van der Waals surface area (Å²) in [5.74, 6) is 0.190. The number of hydrogen-bond donors (Lipinski definition) is 2. The van der Waals surface area contributed by atoms with Crippen LogP contribution in [-0.4, -0.2) is 32.3 Å². The van der Waals surface area contributed by atoms with Crippen LogP contribution in [0.3, 0.4) is 0 Å². The van der Waals surface area contributed by atoms with Gasteiger partial charge in [0.15, 0.2) is 11.0 Å². The van der Waals surface area contributed by atoms with E-state index in [0.29, 0.717) is 33.8 Å². The molecule has 2 N–H and O–H groups in total. The van der Waals surface area contributed by atoms with Crippen LogP contribution in [0.2, 0.25) is 10.0 Å². The first-order valence-electron chi connectivity index (χ1n) is 10.7. The summed E-state index contributed by atoms with van der Waals surface area (Å²) in [6.07, 6.45) is 1.72. The number of halogens is 3. The second-order valence-corrected chi connectivity index (χ2v) is 10.6. The summed E-state index contributed by atoms with van der Waals surface area (Å²) < 4.78 is 2.78. The molecule has 1 aromatic heterocycles. The second kappa shape index (κ2) is 12.6. The normalized spacial score (nSPS) is 11.8. The molecular weight excluding hydrogens is 573 g/mol. The smallest absolute Gasteiger partial charge is 0.253 e. The molecule has 0 aliphatic rings. The van der Waals surface area contributed by atoms with Crippen LogP contribution in [0.4, 0.5) is 5.69 Å². The minimum Gasteiger partial charge on any atom is -0.342 e. The quantitative estimate of drug-likeness (QED) is 0.209. The molecule has 0 saturated carbocycles. The molecule has 0 radical (unpaired) electrons. The van der Waals surface area contributed by atoms with Crippen LogP contribution in [0.15, 0.2) is 64.7 Å². The third kappa shape index (κ3) is 7.33. The van der Waals surface area contributed by atoms with Crippen molar-refractivity contribution in [3.63, 3.8) is 0 Å². The van der Waals surface area contributed by atoms with Gasteiger partial charge >= 0.3 is 0 Å². The minimum absolute atomic E-state index is 0.00338. The van der Waals surface area contributed by atoms with Crippen molar-refractivity contribution in [2.45, 2.75) is 31.6 Å². The zero-order valence-electron chi connectivity index (χ0n) is 19.1. The fraction of sp³-hybridized carbons (Fsp3) is 0.250. The first-order valence-corrected chi connectivity index (χ1v) is 13.2. The Morgan fingerprint density at radius 1 is 1.17 bits per heavy atom. The van der Waals surface area contributed by atoms with Gasteiger partial charge in [-0.1, -0.05) is 70.8 Å². The Balaban J connectivity index is 1.76. The molecule has 0 saturated heterocycles. The highest BCUT2D eigenvalue weighted by Gasteiger charge is 2.27. The molecule has 3 rings (SSSR count). The number of nitrogens with zero attached hydrogens (tertiary/aromatic N) is 3. The van der Waals surface area contributed by atoms with Crippen molar-refractivity contribution in [2.75, 3.05) is 11.1 Å². The number of anilines is 1. The lowest BCUT2D eigenvalue weighted by Gasteiger charge is -2.23. The number of carbonyl (C=O) groups excluding carboxylic acids is 2. The average Bonchev–Trinajstić information content (AvgIpc) is 3.19. The summed E-state index contributed by atoms with van der Waals surface area (Å²) in [5.41, 5.74) is 1.02. The number of hydrogen-bond acceptors (Lipinski definition) is 5. The maximum Gasteiger partial charge on any atom is 0.253 e. The van der Waals surface area contributed by atoms with E-state index in [1.807, 2.05) is 42.7 Å². The number of nitrogens with one attached hydrogen (secondary N) is 2. The predicted molar refractivity (Wildman–Crippen MR) is 145 cm³/mol. The van der Waals surface area contributed by atoms with Crippen molar-refractivity contribution >= 4 is 68.4 Å². The molecule has 11 heteroatoms. The molecule has 2 aromatic carbocycles. The van der Waals surface area contributed by atoms with Crippen molar-refractivity contribution in [1.82, 2.24) is 20.1 Å². The molecule has 1 heterocycles. The highest BCUT2D eigenvalue weighted by Crippen LogP contribution is 2.27. The number of allylic oxidation sites excluding steroid dienone is 1. The van der Waals surface area contributed by atoms with Gasteiger partial charge in [-0.3, -0.25) is 9.59 Å². The zero-order valence-corrected chi connectivity index (χ0v) is 23.0. The molecule has 35 heavy (non-hydrogen) atoms. The number of benzene rings is 2. The summed E-state index contributed by atoms with van der Waals surface area (Å²) in [6, 6.07) is 11.6. The van der Waals surface area contributed by atoms with Gasteiger partial charge in [-0.05, 0) is 48.4 Å². The number of amides is 2. The van der Waals surface area contributed by atoms with Gasteiger partial charge < -0.3 is 15.2 Å². The van der Waals surface area contributed by atoms with Crippen molar-refractivity contribution in [3.8, 4) is 0 Å². The van der Waals surface area contributed by atoms with Gasteiger partial charge in [0.05, 0.1) is 22.4 Å². The summed E-state index contributed by atoms with van der Waals surface area (Å²) >= 11 is 16.8. The molecule has 3 aromatic rings. The standard InChI is InChI=1S/C24H24BrCl2N5O2S/c1-4-11-32-22(21(14(2)3)29-23(34)18-10-7-16(26)12-19(18)27)30-31-24(32)35-13-20(33)28-17-8-5-15(25)6-9-17/h4-10,12,14,21H,1,11,13H2,2-3H3,(H,28,33)(H,29,34)/t21-/m1/s1. The van der Waals surface area contributed by atoms with E-state index in [-0.39, 0.29) is 28.5 Å². The predicted octanol–water partition coefficient (Wildman–Crippen LogP) is 6.39. The van der Waals surface area contributed by atoms with Gasteiger partial charge in [-0.25, -0.2) is 0 Å². The summed E-state index contributed by atoms with van der Waals surface area (Å²) in [6.45, 7) is 8.18. The largest absolute Gasteiger partial charge is 0.342 e. The van der Waals surface area contributed by atoms with Gasteiger partial charge in [-0.15, -0.1) is 16.8 Å². The molecule has 0 aliphatic heterocycles. The van der Waals surface area contributed by atoms with Crippen molar-refractivity contribution in [3.05, 3.63) is 81.0 Å². The number of carbonyl (C=O) groups is 2. The summed E-state index contributed by atoms with van der Waals surface area (Å²) in [4.78, 5) is 25.4. The van der Waals surface area contributed by atoms with Crippen LogP contribution < -0.4 is 10.6 Å². The Hall–Kier alpha value is -2.33. The van der Waals surface area contributed by atoms with E-state index in [2.05, 4.69) is 43.3 Å². The number of thioether (sulfide) groups is 1. The molecular formula is C24H24BrCl2N5O2S. The Bertz CT molecular complexity index is 1220. The molecule has 0 fully saturated rings. The maximum absolute atomic E-state index is 13.0. The van der Waals surface area contributed by atoms with E-state index in [0.717, 1.165) is 4.47 Å². The molecule has 0 aliphatic carbocycles. The van der Waals surface area contributed by atoms with Gasteiger partial charge in [-0.2, -0.15) is 0 Å². The number of rotatable bonds is 10. The number of aromatic nitrogens is 3. The topological polar surface area (TPSA) is 88.9 Å². The third-order valence-electron chi connectivity index (χ3n) is 4.92. The molecule has 0 spiro atoms. The lowest BCUT2D eigenvalue weighted by atomic mass is 10.0. The molecule has 0 bridgehead atoms. The van der Waals surface area contributed by atoms with E-state index >= 15 is 0 Å². The Morgan fingerprint density at radius 3 is 2.51 bits per heavy atom. The average molecular weight is 597 g/mol. The highest BCUT2D eigenvalue weighted by atomic mass is 79.9. The summed E-state index contributed by atoms with van der Waals surface area (Å²) in [5, 5.41) is 15.8. The van der Waals surface area contributed by atoms with Crippen LogP contribution in [0, 0.1) is 5.92 Å². The van der Waals surface area contributed by atoms with Crippen LogP contribution in [0.1, 0.15) is 36.1 Å². The third-order valence-corrected chi connectivity index (χ3v) is 6.97. The van der Waals surface area contributed by atoms with E-state index in [1.54, 1.807) is 18.2 Å². The van der Waals surface area contributed by atoms with Crippen LogP contribution in [0.25, 0.3) is 0 Å². The van der Waals surface area contributed by atoms with Gasteiger partial charge in [0.25, 0.3) is 5.91 Å². The van der Waals surface area contributed by atoms with Gasteiger partial charge in [0.1, 0.15) is 0 Å². The molecule has 0 unspecified atom stereocenters. The summed E-state index contributed by atoms with van der Waals surface area (Å²) in [7, 11) is 0. The molecule has 2 amide bonds. The lowest BCUT2D eigenvalue weighted by molar-refractivity contribution is -0.113. The van der Waals surface area contributed by atoms with Crippen LogP contribution in [0.5, 0.6) is 0 Å².